The van der Waals surface area contributed by atoms with Crippen molar-refractivity contribution in [3.63, 3.8) is 0 Å². The number of aromatic amines is 1. The Morgan fingerprint density at radius 1 is 1.03 bits per heavy atom. The summed E-state index contributed by atoms with van der Waals surface area (Å²) in [7, 11) is 0. The van der Waals surface area contributed by atoms with Gasteiger partial charge in [0.2, 0.25) is 0 Å². The summed E-state index contributed by atoms with van der Waals surface area (Å²) in [6.45, 7) is 4.27. The van der Waals surface area contributed by atoms with Crippen molar-refractivity contribution in [3.8, 4) is 0 Å². The Bertz CT molecular complexity index is 1170. The fraction of sp³-hybridized carbons (Fsp3) is 0.250. The van der Waals surface area contributed by atoms with E-state index < -0.39 is 0 Å². The first-order valence-electron chi connectivity index (χ1n) is 10.2. The zero-order valence-corrected chi connectivity index (χ0v) is 16.5. The molecule has 146 valence electrons. The topological polar surface area (TPSA) is 61.0 Å². The van der Waals surface area contributed by atoms with E-state index in [9.17, 15) is 4.79 Å². The number of hydrogen-bond acceptors (Lipinski definition) is 3. The summed E-state index contributed by atoms with van der Waals surface area (Å²) in [6, 6.07) is 17.9. The van der Waals surface area contributed by atoms with Crippen LogP contribution in [0.25, 0.3) is 21.8 Å². The van der Waals surface area contributed by atoms with Crippen molar-refractivity contribution in [1.29, 1.82) is 0 Å². The van der Waals surface area contributed by atoms with Crippen LogP contribution in [0.2, 0.25) is 0 Å². The highest BCUT2D eigenvalue weighted by atomic mass is 16.1. The molecule has 1 saturated heterocycles. The lowest BCUT2D eigenvalue weighted by Crippen LogP contribution is -2.30. The van der Waals surface area contributed by atoms with E-state index in [4.69, 9.17) is 4.98 Å². The van der Waals surface area contributed by atoms with Gasteiger partial charge in [0.1, 0.15) is 11.5 Å². The maximum Gasteiger partial charge on any atom is 0.272 e. The van der Waals surface area contributed by atoms with Crippen molar-refractivity contribution in [2.75, 3.05) is 23.3 Å². The molecule has 0 radical (unpaired) electrons. The Balaban J connectivity index is 1.41. The van der Waals surface area contributed by atoms with E-state index in [1.165, 1.54) is 24.8 Å². The summed E-state index contributed by atoms with van der Waals surface area (Å²) in [5, 5.41) is 5.11. The van der Waals surface area contributed by atoms with Crippen molar-refractivity contribution in [1.82, 2.24) is 9.97 Å². The van der Waals surface area contributed by atoms with Crippen LogP contribution in [-0.2, 0) is 0 Å². The van der Waals surface area contributed by atoms with Crippen LogP contribution < -0.4 is 10.2 Å². The largest absolute Gasteiger partial charge is 0.357 e. The Morgan fingerprint density at radius 3 is 2.69 bits per heavy atom. The van der Waals surface area contributed by atoms with Gasteiger partial charge in [-0.05, 0) is 68.1 Å². The first kappa shape index (κ1) is 17.7. The van der Waals surface area contributed by atoms with Gasteiger partial charge in [0, 0.05) is 35.1 Å². The monoisotopic (exact) mass is 384 g/mol. The predicted molar refractivity (Wildman–Crippen MR) is 119 cm³/mol. The molecule has 5 heteroatoms. The maximum atomic E-state index is 12.7. The number of H-pyrrole nitrogens is 1. The third-order valence-corrected chi connectivity index (χ3v) is 5.71. The minimum absolute atomic E-state index is 0.143. The number of nitrogens with zero attached hydrogens (tertiary/aromatic N) is 2. The van der Waals surface area contributed by atoms with Crippen molar-refractivity contribution >= 4 is 39.2 Å². The minimum atomic E-state index is -0.143. The van der Waals surface area contributed by atoms with Crippen LogP contribution >= 0.6 is 0 Å². The Labute approximate surface area is 169 Å². The molecule has 1 amide bonds. The highest BCUT2D eigenvalue weighted by Gasteiger charge is 2.15. The Hall–Kier alpha value is -3.34. The Kier molecular flexibility index (Phi) is 4.43. The normalized spacial score (nSPS) is 14.4. The van der Waals surface area contributed by atoms with E-state index in [0.717, 1.165) is 46.4 Å². The van der Waals surface area contributed by atoms with Crippen LogP contribution in [0.15, 0.2) is 54.6 Å². The molecule has 3 heterocycles. The van der Waals surface area contributed by atoms with Gasteiger partial charge in [-0.2, -0.15) is 0 Å². The van der Waals surface area contributed by atoms with Crippen LogP contribution in [0, 0.1) is 6.92 Å². The van der Waals surface area contributed by atoms with E-state index in [0.29, 0.717) is 5.69 Å². The van der Waals surface area contributed by atoms with Crippen LogP contribution in [0.5, 0.6) is 0 Å². The van der Waals surface area contributed by atoms with Crippen molar-refractivity contribution in [2.24, 2.45) is 0 Å². The van der Waals surface area contributed by atoms with Crippen LogP contribution in [-0.4, -0.2) is 29.0 Å². The maximum absolute atomic E-state index is 12.7. The lowest BCUT2D eigenvalue weighted by Gasteiger charge is -2.28. The van der Waals surface area contributed by atoms with E-state index in [-0.39, 0.29) is 5.91 Å². The molecule has 29 heavy (non-hydrogen) atoms. The summed E-state index contributed by atoms with van der Waals surface area (Å²) in [5.41, 5.74) is 4.44. The molecular formula is C24H24N4O. The van der Waals surface area contributed by atoms with Gasteiger partial charge in [-0.25, -0.2) is 4.98 Å². The number of rotatable bonds is 3. The average molecular weight is 384 g/mol. The molecule has 2 N–H and O–H groups in total. The molecule has 4 aromatic rings. The van der Waals surface area contributed by atoms with Crippen LogP contribution in [0.1, 0.15) is 35.3 Å². The van der Waals surface area contributed by atoms with Crippen LogP contribution in [0.3, 0.4) is 0 Å². The molecule has 0 bridgehead atoms. The molecule has 5 nitrogen and oxygen atoms in total. The second-order valence-electron chi connectivity index (χ2n) is 7.80. The van der Waals surface area contributed by atoms with Gasteiger partial charge in [0.05, 0.1) is 5.52 Å². The third-order valence-electron chi connectivity index (χ3n) is 5.71. The number of aromatic nitrogens is 2. The number of carbonyl (C=O) groups excluding carboxylic acids is 1. The molecule has 1 fully saturated rings. The van der Waals surface area contributed by atoms with Crippen molar-refractivity contribution in [3.05, 3.63) is 65.9 Å². The van der Waals surface area contributed by atoms with Crippen LogP contribution in [0.4, 0.5) is 11.5 Å². The zero-order chi connectivity index (χ0) is 19.8. The molecule has 0 saturated carbocycles. The fourth-order valence-electron chi connectivity index (χ4n) is 4.13. The van der Waals surface area contributed by atoms with Gasteiger partial charge in [0.15, 0.2) is 0 Å². The summed E-state index contributed by atoms with van der Waals surface area (Å²) in [6.07, 6.45) is 3.78. The number of nitrogens with one attached hydrogen (secondary N) is 2. The molecule has 0 spiro atoms. The number of hydrogen-bond donors (Lipinski definition) is 2. The van der Waals surface area contributed by atoms with E-state index >= 15 is 0 Å². The minimum Gasteiger partial charge on any atom is -0.357 e. The van der Waals surface area contributed by atoms with Gasteiger partial charge < -0.3 is 15.2 Å². The van der Waals surface area contributed by atoms with Crippen molar-refractivity contribution in [2.45, 2.75) is 26.2 Å². The summed E-state index contributed by atoms with van der Waals surface area (Å²) in [5.74, 6) is 0.917. The summed E-state index contributed by atoms with van der Waals surface area (Å²) in [4.78, 5) is 23.1. The molecule has 2 aromatic heterocycles. The van der Waals surface area contributed by atoms with E-state index in [2.05, 4.69) is 28.2 Å². The lowest BCUT2D eigenvalue weighted by molar-refractivity contribution is 0.102. The van der Waals surface area contributed by atoms with Gasteiger partial charge in [-0.1, -0.05) is 18.2 Å². The number of piperidine rings is 1. The first-order chi connectivity index (χ1) is 14.2. The van der Waals surface area contributed by atoms with Gasteiger partial charge in [-0.15, -0.1) is 0 Å². The molecule has 0 aliphatic carbocycles. The number of anilines is 2. The second-order valence-corrected chi connectivity index (χ2v) is 7.80. The third kappa shape index (κ3) is 3.44. The predicted octanol–water partition coefficient (Wildman–Crippen LogP) is 5.27. The number of fused-ring (bicyclic) bond motifs is 2. The number of benzene rings is 2. The molecular weight excluding hydrogens is 360 g/mol. The summed E-state index contributed by atoms with van der Waals surface area (Å²) >= 11 is 0. The number of pyridine rings is 1. The molecule has 0 atom stereocenters. The van der Waals surface area contributed by atoms with Gasteiger partial charge in [-0.3, -0.25) is 4.79 Å². The SMILES string of the molecule is Cc1cc(N2CCCCC2)nc2ccc(NC(=O)c3cc4ccccc4[nH]3)cc12. The zero-order valence-electron chi connectivity index (χ0n) is 16.5. The molecule has 2 aromatic carbocycles. The van der Waals surface area contributed by atoms with Crippen molar-refractivity contribution < 1.29 is 4.79 Å². The smallest absolute Gasteiger partial charge is 0.272 e. The molecule has 0 unspecified atom stereocenters. The fourth-order valence-corrected chi connectivity index (χ4v) is 4.13. The molecule has 1 aliphatic heterocycles. The summed E-state index contributed by atoms with van der Waals surface area (Å²) < 4.78 is 0. The number of para-hydroxylation sites is 1. The molecule has 5 rings (SSSR count). The highest BCUT2D eigenvalue weighted by molar-refractivity contribution is 6.06. The highest BCUT2D eigenvalue weighted by Crippen LogP contribution is 2.27. The quantitative estimate of drug-likeness (QED) is 0.506. The van der Waals surface area contributed by atoms with Gasteiger partial charge >= 0.3 is 0 Å². The average Bonchev–Trinajstić information content (AvgIpc) is 3.19. The van der Waals surface area contributed by atoms with E-state index in [1.54, 1.807) is 0 Å². The number of carbonyl (C=O) groups is 1. The van der Waals surface area contributed by atoms with E-state index in [1.807, 2.05) is 48.5 Å². The number of amides is 1. The standard InChI is InChI=1S/C24H24N4O/c1-16-13-23(28-11-5-2-6-12-28)27-21-10-9-18(15-19(16)21)25-24(29)22-14-17-7-3-4-8-20(17)26-22/h3-4,7-10,13-15,26H,2,5-6,11-12H2,1H3,(H,25,29). The van der Waals surface area contributed by atoms with Gasteiger partial charge in [0.25, 0.3) is 5.91 Å². The lowest BCUT2D eigenvalue weighted by atomic mass is 10.1. The second kappa shape index (κ2) is 7.24. The number of aryl methyl sites for hydroxylation is 1. The molecule has 1 aliphatic rings. The first-order valence-corrected chi connectivity index (χ1v) is 10.2. The Morgan fingerprint density at radius 2 is 1.86 bits per heavy atom.